The standard InChI is InChI=1S/C23H28N4O/c1-4-27(17(2)3)16-19-7-11-21(12-8-19)23(28)24-15-18-5-9-20(10-6-18)22-13-14-25-26-22/h5-14,17H,4,15-16H2,1-3H3,(H,24,28)(H,25,26). The van der Waals surface area contributed by atoms with Crippen molar-refractivity contribution < 1.29 is 4.79 Å². The van der Waals surface area contributed by atoms with E-state index in [-0.39, 0.29) is 5.91 Å². The van der Waals surface area contributed by atoms with Gasteiger partial charge in [-0.1, -0.05) is 43.3 Å². The smallest absolute Gasteiger partial charge is 0.251 e. The van der Waals surface area contributed by atoms with Gasteiger partial charge in [-0.2, -0.15) is 5.10 Å². The molecule has 0 atom stereocenters. The van der Waals surface area contributed by atoms with Gasteiger partial charge in [-0.15, -0.1) is 0 Å². The molecule has 0 saturated carbocycles. The van der Waals surface area contributed by atoms with Crippen LogP contribution in [0.25, 0.3) is 11.3 Å². The molecule has 1 heterocycles. The fraction of sp³-hybridized carbons (Fsp3) is 0.304. The van der Waals surface area contributed by atoms with E-state index in [0.29, 0.717) is 18.2 Å². The van der Waals surface area contributed by atoms with Gasteiger partial charge in [0, 0.05) is 30.9 Å². The molecule has 3 aromatic rings. The van der Waals surface area contributed by atoms with Gasteiger partial charge in [-0.25, -0.2) is 0 Å². The number of H-pyrrole nitrogens is 1. The summed E-state index contributed by atoms with van der Waals surface area (Å²) in [6, 6.07) is 18.4. The quantitative estimate of drug-likeness (QED) is 0.618. The predicted octanol–water partition coefficient (Wildman–Crippen LogP) is 4.24. The summed E-state index contributed by atoms with van der Waals surface area (Å²) in [5, 5.41) is 9.90. The maximum absolute atomic E-state index is 12.4. The third-order valence-corrected chi connectivity index (χ3v) is 4.96. The minimum Gasteiger partial charge on any atom is -0.348 e. The van der Waals surface area contributed by atoms with E-state index >= 15 is 0 Å². The van der Waals surface area contributed by atoms with Crippen LogP contribution in [-0.2, 0) is 13.1 Å². The van der Waals surface area contributed by atoms with Crippen LogP contribution in [-0.4, -0.2) is 33.6 Å². The van der Waals surface area contributed by atoms with E-state index in [9.17, 15) is 4.79 Å². The molecule has 146 valence electrons. The van der Waals surface area contributed by atoms with Crippen LogP contribution in [0.2, 0.25) is 0 Å². The number of hydrogen-bond donors (Lipinski definition) is 2. The Morgan fingerprint density at radius 3 is 2.29 bits per heavy atom. The normalized spacial score (nSPS) is 11.2. The van der Waals surface area contributed by atoms with Crippen molar-refractivity contribution in [2.75, 3.05) is 6.54 Å². The van der Waals surface area contributed by atoms with E-state index < -0.39 is 0 Å². The van der Waals surface area contributed by atoms with Crippen LogP contribution in [0.5, 0.6) is 0 Å². The molecule has 1 amide bonds. The van der Waals surface area contributed by atoms with Crippen LogP contribution < -0.4 is 5.32 Å². The summed E-state index contributed by atoms with van der Waals surface area (Å²) in [4.78, 5) is 14.8. The highest BCUT2D eigenvalue weighted by Gasteiger charge is 2.09. The molecule has 0 fully saturated rings. The number of aromatic amines is 1. The Labute approximate surface area is 166 Å². The fourth-order valence-corrected chi connectivity index (χ4v) is 3.16. The Balaban J connectivity index is 1.54. The van der Waals surface area contributed by atoms with Gasteiger partial charge in [-0.3, -0.25) is 14.8 Å². The van der Waals surface area contributed by atoms with Crippen molar-refractivity contribution in [2.45, 2.75) is 39.9 Å². The molecule has 1 aromatic heterocycles. The number of aromatic nitrogens is 2. The van der Waals surface area contributed by atoms with Crippen LogP contribution in [0.1, 0.15) is 42.3 Å². The Hall–Kier alpha value is -2.92. The van der Waals surface area contributed by atoms with Crippen LogP contribution in [0.3, 0.4) is 0 Å². The SMILES string of the molecule is CCN(Cc1ccc(C(=O)NCc2ccc(-c3ccn[nH]3)cc2)cc1)C(C)C. The summed E-state index contributed by atoms with van der Waals surface area (Å²) >= 11 is 0. The van der Waals surface area contributed by atoms with Gasteiger partial charge in [0.25, 0.3) is 5.91 Å². The van der Waals surface area contributed by atoms with E-state index in [0.717, 1.165) is 29.9 Å². The molecule has 5 heteroatoms. The van der Waals surface area contributed by atoms with Gasteiger partial charge in [-0.05, 0) is 55.3 Å². The Kier molecular flexibility index (Phi) is 6.61. The van der Waals surface area contributed by atoms with E-state index in [4.69, 9.17) is 0 Å². The molecule has 5 nitrogen and oxygen atoms in total. The van der Waals surface area contributed by atoms with Crippen molar-refractivity contribution in [2.24, 2.45) is 0 Å². The number of hydrogen-bond acceptors (Lipinski definition) is 3. The molecule has 0 unspecified atom stereocenters. The van der Waals surface area contributed by atoms with Crippen molar-refractivity contribution in [3.8, 4) is 11.3 Å². The van der Waals surface area contributed by atoms with Crippen molar-refractivity contribution in [1.29, 1.82) is 0 Å². The topological polar surface area (TPSA) is 61.0 Å². The summed E-state index contributed by atoms with van der Waals surface area (Å²) in [5.41, 5.74) is 5.02. The molecule has 0 bridgehead atoms. The monoisotopic (exact) mass is 376 g/mol. The Morgan fingerprint density at radius 1 is 1.04 bits per heavy atom. The number of carbonyl (C=O) groups is 1. The predicted molar refractivity (Wildman–Crippen MR) is 113 cm³/mol. The first-order chi connectivity index (χ1) is 13.6. The largest absolute Gasteiger partial charge is 0.348 e. The average molecular weight is 377 g/mol. The van der Waals surface area contributed by atoms with Crippen LogP contribution in [0.4, 0.5) is 0 Å². The van der Waals surface area contributed by atoms with Crippen molar-refractivity contribution in [3.63, 3.8) is 0 Å². The highest BCUT2D eigenvalue weighted by atomic mass is 16.1. The second-order valence-electron chi connectivity index (χ2n) is 7.20. The number of rotatable bonds is 8. The lowest BCUT2D eigenvalue weighted by Gasteiger charge is -2.24. The molecule has 0 aliphatic heterocycles. The number of nitrogens with one attached hydrogen (secondary N) is 2. The van der Waals surface area contributed by atoms with Gasteiger partial charge >= 0.3 is 0 Å². The summed E-state index contributed by atoms with van der Waals surface area (Å²) in [7, 11) is 0. The molecule has 28 heavy (non-hydrogen) atoms. The van der Waals surface area contributed by atoms with E-state index in [1.165, 1.54) is 5.56 Å². The molecule has 0 radical (unpaired) electrons. The van der Waals surface area contributed by atoms with Crippen molar-refractivity contribution >= 4 is 5.91 Å². The second kappa shape index (κ2) is 9.33. The van der Waals surface area contributed by atoms with Crippen molar-refractivity contribution in [3.05, 3.63) is 77.5 Å². The number of carbonyl (C=O) groups excluding carboxylic acids is 1. The zero-order chi connectivity index (χ0) is 19.9. The molecule has 2 aromatic carbocycles. The van der Waals surface area contributed by atoms with Gasteiger partial charge in [0.15, 0.2) is 0 Å². The zero-order valence-corrected chi connectivity index (χ0v) is 16.8. The van der Waals surface area contributed by atoms with Crippen LogP contribution >= 0.6 is 0 Å². The van der Waals surface area contributed by atoms with E-state index in [1.54, 1.807) is 6.20 Å². The molecule has 0 aliphatic rings. The first-order valence-corrected chi connectivity index (χ1v) is 9.76. The molecular weight excluding hydrogens is 348 g/mol. The molecule has 0 aliphatic carbocycles. The van der Waals surface area contributed by atoms with Gasteiger partial charge in [0.1, 0.15) is 0 Å². The molecular formula is C23H28N4O. The minimum atomic E-state index is -0.0552. The third kappa shape index (κ3) is 5.08. The minimum absolute atomic E-state index is 0.0552. The molecule has 2 N–H and O–H groups in total. The fourth-order valence-electron chi connectivity index (χ4n) is 3.16. The van der Waals surface area contributed by atoms with Gasteiger partial charge < -0.3 is 5.32 Å². The third-order valence-electron chi connectivity index (χ3n) is 4.96. The van der Waals surface area contributed by atoms with Gasteiger partial charge in [0.05, 0.1) is 5.69 Å². The lowest BCUT2D eigenvalue weighted by atomic mass is 10.1. The lowest BCUT2D eigenvalue weighted by molar-refractivity contribution is 0.0951. The van der Waals surface area contributed by atoms with Crippen LogP contribution in [0.15, 0.2) is 60.8 Å². The summed E-state index contributed by atoms with van der Waals surface area (Å²) < 4.78 is 0. The first-order valence-electron chi connectivity index (χ1n) is 9.76. The Bertz CT molecular complexity index is 868. The summed E-state index contributed by atoms with van der Waals surface area (Å²) in [6.45, 7) is 8.99. The molecule has 0 saturated heterocycles. The summed E-state index contributed by atoms with van der Waals surface area (Å²) in [6.07, 6.45) is 1.73. The number of benzene rings is 2. The van der Waals surface area contributed by atoms with E-state index in [2.05, 4.69) is 41.2 Å². The summed E-state index contributed by atoms with van der Waals surface area (Å²) in [5.74, 6) is -0.0552. The molecule has 0 spiro atoms. The molecule has 3 rings (SSSR count). The lowest BCUT2D eigenvalue weighted by Crippen LogP contribution is -2.30. The maximum atomic E-state index is 12.4. The van der Waals surface area contributed by atoms with E-state index in [1.807, 2.05) is 54.6 Å². The maximum Gasteiger partial charge on any atom is 0.251 e. The average Bonchev–Trinajstić information content (AvgIpc) is 3.25. The zero-order valence-electron chi connectivity index (χ0n) is 16.8. The second-order valence-corrected chi connectivity index (χ2v) is 7.20. The Morgan fingerprint density at radius 2 is 1.71 bits per heavy atom. The van der Waals surface area contributed by atoms with Gasteiger partial charge in [0.2, 0.25) is 0 Å². The highest BCUT2D eigenvalue weighted by molar-refractivity contribution is 5.94. The highest BCUT2D eigenvalue weighted by Crippen LogP contribution is 2.16. The van der Waals surface area contributed by atoms with Crippen molar-refractivity contribution in [1.82, 2.24) is 20.4 Å². The number of amides is 1. The number of nitrogens with zero attached hydrogens (tertiary/aromatic N) is 2. The van der Waals surface area contributed by atoms with Crippen LogP contribution in [0, 0.1) is 0 Å². The first kappa shape index (κ1) is 19.8.